The topological polar surface area (TPSA) is 107 Å². The van der Waals surface area contributed by atoms with E-state index in [9.17, 15) is 13.2 Å². The summed E-state index contributed by atoms with van der Waals surface area (Å²) >= 11 is 0. The fraction of sp³-hybridized carbons (Fsp3) is 0.714. The number of nitrogens with zero attached hydrogens (tertiary/aromatic N) is 2. The van der Waals surface area contributed by atoms with Crippen LogP contribution in [0.5, 0.6) is 0 Å². The van der Waals surface area contributed by atoms with Crippen molar-refractivity contribution in [2.24, 2.45) is 0 Å². The van der Waals surface area contributed by atoms with E-state index in [-0.39, 0.29) is 17.0 Å². The van der Waals surface area contributed by atoms with Crippen LogP contribution in [0.15, 0.2) is 4.90 Å². The molecule has 1 aromatic heterocycles. The van der Waals surface area contributed by atoms with Crippen molar-refractivity contribution in [3.8, 4) is 0 Å². The molecule has 2 rings (SSSR count). The van der Waals surface area contributed by atoms with Crippen LogP contribution in [0.4, 0.5) is 4.79 Å². The largest absolute Gasteiger partial charge is 0.338 e. The molecule has 3 N–H and O–H groups in total. The zero-order chi connectivity index (χ0) is 17.0. The van der Waals surface area contributed by atoms with Gasteiger partial charge in [-0.05, 0) is 33.1 Å². The van der Waals surface area contributed by atoms with E-state index in [2.05, 4.69) is 20.8 Å². The second-order valence-electron chi connectivity index (χ2n) is 5.84. The molecule has 1 fully saturated rings. The Morgan fingerprint density at radius 1 is 1.35 bits per heavy atom. The molecule has 130 valence electrons. The Hall–Kier alpha value is -1.61. The maximum Gasteiger partial charge on any atom is 0.315 e. The first-order valence-corrected chi connectivity index (χ1v) is 9.36. The van der Waals surface area contributed by atoms with E-state index in [1.165, 1.54) is 4.31 Å². The number of urea groups is 1. The van der Waals surface area contributed by atoms with Crippen molar-refractivity contribution in [2.75, 3.05) is 19.6 Å². The fourth-order valence-electron chi connectivity index (χ4n) is 2.77. The Kier molecular flexibility index (Phi) is 5.64. The predicted molar refractivity (Wildman–Crippen MR) is 86.7 cm³/mol. The molecule has 0 saturated carbocycles. The lowest BCUT2D eigenvalue weighted by Crippen LogP contribution is -2.49. The highest BCUT2D eigenvalue weighted by Gasteiger charge is 2.33. The molecule has 23 heavy (non-hydrogen) atoms. The second-order valence-corrected chi connectivity index (χ2v) is 7.72. The number of aromatic nitrogens is 2. The third-order valence-electron chi connectivity index (χ3n) is 3.98. The van der Waals surface area contributed by atoms with E-state index < -0.39 is 10.0 Å². The molecule has 0 radical (unpaired) electrons. The molecule has 0 atom stereocenters. The summed E-state index contributed by atoms with van der Waals surface area (Å²) in [4.78, 5) is 11.9. The number of rotatable bonds is 5. The number of carbonyl (C=O) groups excluding carboxylic acids is 1. The normalized spacial score (nSPS) is 17.2. The third kappa shape index (κ3) is 4.03. The highest BCUT2D eigenvalue weighted by molar-refractivity contribution is 7.89. The van der Waals surface area contributed by atoms with Gasteiger partial charge in [-0.1, -0.05) is 6.92 Å². The third-order valence-corrected chi connectivity index (χ3v) is 6.15. The van der Waals surface area contributed by atoms with Gasteiger partial charge in [0.25, 0.3) is 0 Å². The minimum Gasteiger partial charge on any atom is -0.338 e. The monoisotopic (exact) mass is 343 g/mol. The number of hydrogen-bond acceptors (Lipinski definition) is 4. The molecule has 0 aromatic carbocycles. The number of sulfonamides is 1. The van der Waals surface area contributed by atoms with Gasteiger partial charge in [0, 0.05) is 25.7 Å². The van der Waals surface area contributed by atoms with E-state index >= 15 is 0 Å². The molecule has 2 heterocycles. The van der Waals surface area contributed by atoms with Crippen molar-refractivity contribution in [3.63, 3.8) is 0 Å². The molecule has 0 bridgehead atoms. The zero-order valence-electron chi connectivity index (χ0n) is 13.8. The molecule has 2 amide bonds. The Labute approximate surface area is 137 Å². The average molecular weight is 343 g/mol. The molecule has 1 aliphatic heterocycles. The van der Waals surface area contributed by atoms with E-state index in [4.69, 9.17) is 0 Å². The van der Waals surface area contributed by atoms with E-state index in [1.807, 2.05) is 6.92 Å². The number of amides is 2. The highest BCUT2D eigenvalue weighted by Crippen LogP contribution is 2.24. The van der Waals surface area contributed by atoms with Crippen LogP contribution >= 0.6 is 0 Å². The number of carbonyl (C=O) groups is 1. The summed E-state index contributed by atoms with van der Waals surface area (Å²) < 4.78 is 26.9. The quantitative estimate of drug-likeness (QED) is 0.738. The van der Waals surface area contributed by atoms with Crippen LogP contribution in [0.25, 0.3) is 0 Å². The van der Waals surface area contributed by atoms with Gasteiger partial charge in [-0.15, -0.1) is 0 Å². The number of H-pyrrole nitrogens is 1. The molecule has 1 aromatic rings. The van der Waals surface area contributed by atoms with Crippen molar-refractivity contribution < 1.29 is 13.2 Å². The van der Waals surface area contributed by atoms with Gasteiger partial charge >= 0.3 is 6.03 Å². The minimum atomic E-state index is -3.53. The molecule has 9 heteroatoms. The van der Waals surface area contributed by atoms with Gasteiger partial charge in [-0.2, -0.15) is 9.40 Å². The van der Waals surface area contributed by atoms with Gasteiger partial charge < -0.3 is 10.6 Å². The fourth-order valence-corrected chi connectivity index (χ4v) is 4.57. The lowest BCUT2D eigenvalue weighted by Gasteiger charge is -2.31. The van der Waals surface area contributed by atoms with E-state index in [0.717, 1.165) is 6.42 Å². The molecule has 1 saturated heterocycles. The van der Waals surface area contributed by atoms with Crippen LogP contribution in [-0.4, -0.2) is 54.6 Å². The van der Waals surface area contributed by atoms with Crippen LogP contribution in [0.3, 0.4) is 0 Å². The smallest absolute Gasteiger partial charge is 0.315 e. The van der Waals surface area contributed by atoms with Gasteiger partial charge in [0.1, 0.15) is 4.90 Å². The van der Waals surface area contributed by atoms with Crippen molar-refractivity contribution in [3.05, 3.63) is 11.4 Å². The summed E-state index contributed by atoms with van der Waals surface area (Å²) in [7, 11) is -3.53. The average Bonchev–Trinajstić information content (AvgIpc) is 2.85. The van der Waals surface area contributed by atoms with Crippen LogP contribution in [-0.2, 0) is 10.0 Å². The molecule has 0 aliphatic carbocycles. The lowest BCUT2D eigenvalue weighted by molar-refractivity contribution is 0.227. The van der Waals surface area contributed by atoms with Crippen molar-refractivity contribution >= 4 is 16.1 Å². The van der Waals surface area contributed by atoms with Crippen LogP contribution in [0.1, 0.15) is 37.6 Å². The Bertz CT molecular complexity index is 628. The molecule has 0 unspecified atom stereocenters. The Balaban J connectivity index is 1.95. The van der Waals surface area contributed by atoms with Crippen molar-refractivity contribution in [2.45, 2.75) is 51.0 Å². The number of hydrogen-bond donors (Lipinski definition) is 3. The van der Waals surface area contributed by atoms with Gasteiger partial charge in [0.15, 0.2) is 0 Å². The number of aromatic amines is 1. The summed E-state index contributed by atoms with van der Waals surface area (Å²) in [5.41, 5.74) is 1.04. The summed E-state index contributed by atoms with van der Waals surface area (Å²) in [6, 6.07) is -0.181. The van der Waals surface area contributed by atoms with E-state index in [0.29, 0.717) is 43.9 Å². The lowest BCUT2D eigenvalue weighted by atomic mass is 10.1. The number of piperidine rings is 1. The van der Waals surface area contributed by atoms with Crippen molar-refractivity contribution in [1.29, 1.82) is 0 Å². The molecule has 1 aliphatic rings. The number of aryl methyl sites for hydroxylation is 2. The Morgan fingerprint density at radius 2 is 2.00 bits per heavy atom. The second kappa shape index (κ2) is 7.31. The van der Waals surface area contributed by atoms with E-state index in [1.54, 1.807) is 13.8 Å². The predicted octanol–water partition coefficient (Wildman–Crippen LogP) is 0.889. The number of nitrogens with one attached hydrogen (secondary N) is 3. The van der Waals surface area contributed by atoms with Gasteiger partial charge in [0.05, 0.1) is 11.4 Å². The molecule has 0 spiro atoms. The van der Waals surface area contributed by atoms with Gasteiger partial charge in [-0.3, -0.25) is 5.10 Å². The summed E-state index contributed by atoms with van der Waals surface area (Å²) in [5, 5.41) is 12.3. The first-order chi connectivity index (χ1) is 10.9. The summed E-state index contributed by atoms with van der Waals surface area (Å²) in [5.74, 6) is 0. The van der Waals surface area contributed by atoms with Crippen LogP contribution in [0.2, 0.25) is 0 Å². The maximum atomic E-state index is 12.7. The SMILES string of the molecule is CCCNC(=O)NC1CCN(S(=O)(=O)c2c(C)n[nH]c2C)CC1. The summed E-state index contributed by atoms with van der Waals surface area (Å²) in [6.07, 6.45) is 2.09. The first-order valence-electron chi connectivity index (χ1n) is 7.92. The maximum absolute atomic E-state index is 12.7. The standard InChI is InChI=1S/C14H25N5O3S/c1-4-7-15-14(20)16-12-5-8-19(9-6-12)23(21,22)13-10(2)17-18-11(13)3/h12H,4-9H2,1-3H3,(H,17,18)(H2,15,16,20). The summed E-state index contributed by atoms with van der Waals surface area (Å²) in [6.45, 7) is 6.81. The van der Waals surface area contributed by atoms with Crippen molar-refractivity contribution in [1.82, 2.24) is 25.1 Å². The van der Waals surface area contributed by atoms with Crippen LogP contribution in [0, 0.1) is 13.8 Å². The van der Waals surface area contributed by atoms with Gasteiger partial charge in [0.2, 0.25) is 10.0 Å². The Morgan fingerprint density at radius 3 is 2.52 bits per heavy atom. The molecular formula is C14H25N5O3S. The minimum absolute atomic E-state index is 0.00449. The van der Waals surface area contributed by atoms with Gasteiger partial charge in [-0.25, -0.2) is 13.2 Å². The van der Waals surface area contributed by atoms with Crippen LogP contribution < -0.4 is 10.6 Å². The first kappa shape index (κ1) is 17.7. The highest BCUT2D eigenvalue weighted by atomic mass is 32.2. The molecule has 8 nitrogen and oxygen atoms in total. The zero-order valence-corrected chi connectivity index (χ0v) is 14.7. The molecular weight excluding hydrogens is 318 g/mol.